The number of anilines is 3. The van der Waals surface area contributed by atoms with E-state index in [0.717, 1.165) is 36.1 Å². The number of rotatable bonds is 8. The number of para-hydroxylation sites is 1. The van der Waals surface area contributed by atoms with Crippen LogP contribution in [0, 0.1) is 6.92 Å². The smallest absolute Gasteiger partial charge is 0.331 e. The van der Waals surface area contributed by atoms with Crippen molar-refractivity contribution in [3.63, 3.8) is 0 Å². The number of nitrogens with zero attached hydrogens (tertiary/aromatic N) is 3. The second kappa shape index (κ2) is 11.7. The van der Waals surface area contributed by atoms with Gasteiger partial charge in [-0.2, -0.15) is 0 Å². The highest BCUT2D eigenvalue weighted by Gasteiger charge is 2.35. The maximum absolute atomic E-state index is 13.6. The molecule has 0 aliphatic carbocycles. The SMILES string of the molecule is CN[C@@H](C)C(O)N1CCC[C@@H](NC(=O)c2sc3nccc4c3c2NC(=O)N4c2ccc(Oc3ccccc3)cc2C)C1. The number of aryl methyl sites for hydroxylation is 1. The first-order valence-electron chi connectivity index (χ1n) is 14.1. The van der Waals surface area contributed by atoms with Crippen molar-refractivity contribution in [1.82, 2.24) is 20.5 Å². The Labute approximate surface area is 248 Å². The highest BCUT2D eigenvalue weighted by Crippen LogP contribution is 2.46. The second-order valence-electron chi connectivity index (χ2n) is 10.7. The Kier molecular flexibility index (Phi) is 7.82. The van der Waals surface area contributed by atoms with Crippen molar-refractivity contribution in [2.24, 2.45) is 0 Å². The van der Waals surface area contributed by atoms with E-state index in [4.69, 9.17) is 4.74 Å². The number of thiophene rings is 1. The number of likely N-dealkylation sites (N-methyl/N-ethyl adjacent to an activating group) is 1. The van der Waals surface area contributed by atoms with E-state index in [9.17, 15) is 14.7 Å². The van der Waals surface area contributed by atoms with Crippen LogP contribution in [0.1, 0.15) is 35.0 Å². The highest BCUT2D eigenvalue weighted by atomic mass is 32.1. The van der Waals surface area contributed by atoms with Crippen LogP contribution in [0.25, 0.3) is 10.2 Å². The molecule has 0 bridgehead atoms. The van der Waals surface area contributed by atoms with E-state index in [0.29, 0.717) is 39.1 Å². The molecule has 2 aromatic carbocycles. The third-order valence-corrected chi connectivity index (χ3v) is 9.00. The summed E-state index contributed by atoms with van der Waals surface area (Å²) in [7, 11) is 1.82. The number of aromatic nitrogens is 1. The topological polar surface area (TPSA) is 119 Å². The van der Waals surface area contributed by atoms with Crippen molar-refractivity contribution in [3.05, 3.63) is 71.2 Å². The van der Waals surface area contributed by atoms with Crippen LogP contribution < -0.4 is 25.6 Å². The normalized spacial score (nSPS) is 18.4. The molecule has 3 atom stereocenters. The summed E-state index contributed by atoms with van der Waals surface area (Å²) in [5, 5.41) is 20.6. The first-order valence-corrected chi connectivity index (χ1v) is 14.9. The fourth-order valence-electron chi connectivity index (χ4n) is 5.63. The van der Waals surface area contributed by atoms with Gasteiger partial charge >= 0.3 is 6.03 Å². The Bertz CT molecular complexity index is 1630. The molecule has 6 rings (SSSR count). The van der Waals surface area contributed by atoms with E-state index in [1.165, 1.54) is 11.3 Å². The van der Waals surface area contributed by atoms with Gasteiger partial charge in [-0.3, -0.25) is 14.6 Å². The lowest BCUT2D eigenvalue weighted by atomic mass is 10.0. The number of benzene rings is 2. The van der Waals surface area contributed by atoms with Gasteiger partial charge in [0.2, 0.25) is 0 Å². The van der Waals surface area contributed by atoms with Gasteiger partial charge in [0, 0.05) is 31.4 Å². The Morgan fingerprint density at radius 3 is 2.74 bits per heavy atom. The van der Waals surface area contributed by atoms with Crippen LogP contribution in [0.3, 0.4) is 0 Å². The fourth-order valence-corrected chi connectivity index (χ4v) is 6.65. The molecular weight excluding hydrogens is 552 g/mol. The maximum atomic E-state index is 13.6. The number of likely N-dealkylation sites (tertiary alicyclic amines) is 1. The minimum absolute atomic E-state index is 0.0922. The van der Waals surface area contributed by atoms with Crippen LogP contribution in [0.5, 0.6) is 11.5 Å². The summed E-state index contributed by atoms with van der Waals surface area (Å²) >= 11 is 1.26. The Balaban J connectivity index is 1.26. The number of piperidine rings is 1. The number of aliphatic hydroxyl groups is 1. The molecule has 42 heavy (non-hydrogen) atoms. The average Bonchev–Trinajstić information content (AvgIpc) is 3.37. The van der Waals surface area contributed by atoms with E-state index >= 15 is 0 Å². The zero-order chi connectivity index (χ0) is 29.4. The molecule has 11 heteroatoms. The summed E-state index contributed by atoms with van der Waals surface area (Å²) in [6.45, 7) is 5.18. The second-order valence-corrected chi connectivity index (χ2v) is 11.7. The molecule has 0 radical (unpaired) electrons. The molecule has 1 unspecified atom stereocenters. The summed E-state index contributed by atoms with van der Waals surface area (Å²) in [5.74, 6) is 1.15. The molecule has 4 aromatic rings. The zero-order valence-corrected chi connectivity index (χ0v) is 24.6. The van der Waals surface area contributed by atoms with Gasteiger partial charge < -0.3 is 25.8 Å². The van der Waals surface area contributed by atoms with Crippen LogP contribution >= 0.6 is 11.3 Å². The number of pyridine rings is 1. The first-order chi connectivity index (χ1) is 20.3. The maximum Gasteiger partial charge on any atom is 0.331 e. The van der Waals surface area contributed by atoms with Crippen LogP contribution in [0.4, 0.5) is 21.9 Å². The molecule has 4 N–H and O–H groups in total. The van der Waals surface area contributed by atoms with E-state index in [2.05, 4.69) is 20.9 Å². The van der Waals surface area contributed by atoms with E-state index in [1.54, 1.807) is 17.2 Å². The number of hydrogen-bond acceptors (Lipinski definition) is 8. The minimum atomic E-state index is -0.639. The quantitative estimate of drug-likeness (QED) is 0.224. The average molecular weight is 587 g/mol. The number of urea groups is 1. The molecule has 2 aliphatic heterocycles. The monoisotopic (exact) mass is 586 g/mol. The molecule has 3 amide bonds. The van der Waals surface area contributed by atoms with E-state index in [1.807, 2.05) is 74.3 Å². The number of carbonyl (C=O) groups is 2. The fraction of sp³-hybridized carbons (Fsp3) is 0.323. The molecule has 4 heterocycles. The Hall–Kier alpha value is -4.03. The molecule has 2 aromatic heterocycles. The molecule has 2 aliphatic rings. The first kappa shape index (κ1) is 28.1. The van der Waals surface area contributed by atoms with Crippen molar-refractivity contribution in [3.8, 4) is 11.5 Å². The highest BCUT2D eigenvalue weighted by molar-refractivity contribution is 7.21. The van der Waals surface area contributed by atoms with Crippen molar-refractivity contribution in [2.75, 3.05) is 30.4 Å². The third-order valence-electron chi connectivity index (χ3n) is 7.90. The van der Waals surface area contributed by atoms with Crippen molar-refractivity contribution < 1.29 is 19.4 Å². The molecule has 218 valence electrons. The van der Waals surface area contributed by atoms with Gasteiger partial charge in [-0.15, -0.1) is 11.3 Å². The zero-order valence-electron chi connectivity index (χ0n) is 23.8. The largest absolute Gasteiger partial charge is 0.457 e. The lowest BCUT2D eigenvalue weighted by Gasteiger charge is -2.38. The predicted octanol–water partition coefficient (Wildman–Crippen LogP) is 5.20. The van der Waals surface area contributed by atoms with E-state index < -0.39 is 6.23 Å². The van der Waals surface area contributed by atoms with Gasteiger partial charge in [-0.1, -0.05) is 18.2 Å². The lowest BCUT2D eigenvalue weighted by molar-refractivity contribution is -0.0343. The van der Waals surface area contributed by atoms with Crippen LogP contribution in [0.2, 0.25) is 0 Å². The summed E-state index contributed by atoms with van der Waals surface area (Å²) in [6, 6.07) is 16.4. The van der Waals surface area contributed by atoms with Gasteiger partial charge in [0.15, 0.2) is 0 Å². The minimum Gasteiger partial charge on any atom is -0.457 e. The Morgan fingerprint density at radius 1 is 1.17 bits per heavy atom. The number of ether oxygens (including phenoxy) is 1. The van der Waals surface area contributed by atoms with Gasteiger partial charge in [0.25, 0.3) is 5.91 Å². The number of hydrogen-bond donors (Lipinski definition) is 4. The van der Waals surface area contributed by atoms with Crippen molar-refractivity contribution in [2.45, 2.75) is 45.0 Å². The third kappa shape index (κ3) is 5.32. The lowest BCUT2D eigenvalue weighted by Crippen LogP contribution is -2.55. The van der Waals surface area contributed by atoms with Crippen molar-refractivity contribution in [1.29, 1.82) is 0 Å². The Morgan fingerprint density at radius 2 is 1.98 bits per heavy atom. The molecule has 1 saturated heterocycles. The summed E-state index contributed by atoms with van der Waals surface area (Å²) < 4.78 is 5.98. The van der Waals surface area contributed by atoms with E-state index in [-0.39, 0.29) is 24.0 Å². The predicted molar refractivity (Wildman–Crippen MR) is 165 cm³/mol. The summed E-state index contributed by atoms with van der Waals surface area (Å²) in [4.78, 5) is 36.4. The van der Waals surface area contributed by atoms with Crippen molar-refractivity contribution >= 4 is 50.6 Å². The van der Waals surface area contributed by atoms with Gasteiger partial charge in [0.1, 0.15) is 27.4 Å². The van der Waals surface area contributed by atoms with Gasteiger partial charge in [-0.25, -0.2) is 9.78 Å². The van der Waals surface area contributed by atoms with Crippen LogP contribution in [0.15, 0.2) is 60.8 Å². The molecule has 10 nitrogen and oxygen atoms in total. The molecule has 0 saturated carbocycles. The standard InChI is InChI=1S/C31H34N6O4S/c1-18-16-22(41-21-9-5-4-6-10-21)11-12-23(18)37-24-13-14-33-29-25(24)26(35-31(37)40)27(42-29)28(38)34-20-8-7-15-36(17-20)30(39)19(2)32-3/h4-6,9-14,16,19-20,30,32,39H,7-8,15,17H2,1-3H3,(H,34,38)(H,35,40)/t19-,20+,30?/m0/s1. The summed E-state index contributed by atoms with van der Waals surface area (Å²) in [5.41, 5.74) is 2.72. The number of carbonyl (C=O) groups excluding carboxylic acids is 2. The van der Waals surface area contributed by atoms with Crippen LogP contribution in [-0.2, 0) is 0 Å². The van der Waals surface area contributed by atoms with Gasteiger partial charge in [-0.05, 0) is 75.7 Å². The number of nitrogens with one attached hydrogen (secondary N) is 3. The molecule has 1 fully saturated rings. The molecule has 0 spiro atoms. The summed E-state index contributed by atoms with van der Waals surface area (Å²) in [6.07, 6.45) is 2.70. The molecular formula is C31H34N6O4S. The van der Waals surface area contributed by atoms with Crippen LogP contribution in [-0.4, -0.2) is 65.4 Å². The number of aliphatic hydroxyl groups excluding tert-OH is 1. The van der Waals surface area contributed by atoms with Gasteiger partial charge in [0.05, 0.1) is 22.4 Å². The number of amides is 3.